The van der Waals surface area contributed by atoms with Crippen LogP contribution in [-0.4, -0.2) is 78.9 Å². The Morgan fingerprint density at radius 2 is 1.62 bits per heavy atom. The van der Waals surface area contributed by atoms with E-state index in [4.69, 9.17) is 0 Å². The second-order valence-electron chi connectivity index (χ2n) is 6.72. The quantitative estimate of drug-likeness (QED) is 0.766. The van der Waals surface area contributed by atoms with Crippen LogP contribution in [-0.2, 0) is 16.0 Å². The van der Waals surface area contributed by atoms with E-state index in [0.717, 1.165) is 51.4 Å². The first-order valence-corrected chi connectivity index (χ1v) is 9.67. The third-order valence-corrected chi connectivity index (χ3v) is 4.93. The summed E-state index contributed by atoms with van der Waals surface area (Å²) in [5.41, 5.74) is 2.08. The maximum Gasteiger partial charge on any atom is 0.238 e. The van der Waals surface area contributed by atoms with Crippen LogP contribution in [0.2, 0.25) is 0 Å². The summed E-state index contributed by atoms with van der Waals surface area (Å²) in [6, 6.07) is 7.98. The van der Waals surface area contributed by atoms with Gasteiger partial charge in [-0.1, -0.05) is 19.1 Å². The molecule has 6 heteroatoms. The van der Waals surface area contributed by atoms with Gasteiger partial charge in [-0.05, 0) is 38.0 Å². The monoisotopic (exact) mass is 360 g/mol. The van der Waals surface area contributed by atoms with Crippen molar-refractivity contribution in [1.29, 1.82) is 0 Å². The number of aryl methyl sites for hydroxylation is 1. The molecule has 26 heavy (non-hydrogen) atoms. The predicted molar refractivity (Wildman–Crippen MR) is 105 cm³/mol. The fourth-order valence-electron chi connectivity index (χ4n) is 3.25. The Hall–Kier alpha value is -1.92. The highest BCUT2D eigenvalue weighted by molar-refractivity contribution is 5.92. The van der Waals surface area contributed by atoms with Gasteiger partial charge < -0.3 is 10.2 Å². The molecule has 6 nitrogen and oxygen atoms in total. The molecule has 1 aliphatic heterocycles. The number of benzene rings is 1. The number of anilines is 1. The third-order valence-electron chi connectivity index (χ3n) is 4.93. The molecule has 1 fully saturated rings. The van der Waals surface area contributed by atoms with Gasteiger partial charge in [0.2, 0.25) is 11.8 Å². The molecule has 2 amide bonds. The van der Waals surface area contributed by atoms with Crippen molar-refractivity contribution in [2.75, 3.05) is 57.7 Å². The third kappa shape index (κ3) is 6.11. The van der Waals surface area contributed by atoms with Gasteiger partial charge in [0, 0.05) is 45.0 Å². The first-order chi connectivity index (χ1) is 12.5. The zero-order valence-electron chi connectivity index (χ0n) is 16.3. The zero-order chi connectivity index (χ0) is 18.9. The van der Waals surface area contributed by atoms with Gasteiger partial charge in [-0.3, -0.25) is 19.4 Å². The largest absolute Gasteiger partial charge is 0.342 e. The van der Waals surface area contributed by atoms with Crippen molar-refractivity contribution in [1.82, 2.24) is 14.7 Å². The number of amides is 2. The van der Waals surface area contributed by atoms with E-state index in [1.165, 1.54) is 5.56 Å². The van der Waals surface area contributed by atoms with E-state index in [9.17, 15) is 9.59 Å². The number of carbonyl (C=O) groups excluding carboxylic acids is 2. The first-order valence-electron chi connectivity index (χ1n) is 9.67. The molecule has 144 valence electrons. The van der Waals surface area contributed by atoms with Gasteiger partial charge in [-0.25, -0.2) is 0 Å². The molecule has 0 aliphatic carbocycles. The minimum Gasteiger partial charge on any atom is -0.342 e. The number of rotatable bonds is 8. The number of hydrogen-bond donors (Lipinski definition) is 1. The highest BCUT2D eigenvalue weighted by atomic mass is 16.2. The van der Waals surface area contributed by atoms with Crippen LogP contribution >= 0.6 is 0 Å². The summed E-state index contributed by atoms with van der Waals surface area (Å²) in [6.07, 6.45) is 0.956. The molecule has 0 radical (unpaired) electrons. The van der Waals surface area contributed by atoms with Gasteiger partial charge in [0.05, 0.1) is 13.1 Å². The van der Waals surface area contributed by atoms with Crippen LogP contribution in [0.5, 0.6) is 0 Å². The molecule has 0 saturated carbocycles. The summed E-state index contributed by atoms with van der Waals surface area (Å²) >= 11 is 0. The van der Waals surface area contributed by atoms with Crippen molar-refractivity contribution in [2.24, 2.45) is 0 Å². The molecule has 1 aromatic carbocycles. The Balaban J connectivity index is 1.74. The molecule has 1 aliphatic rings. The molecular formula is C20H32N4O2. The Morgan fingerprint density at radius 1 is 1.00 bits per heavy atom. The Bertz CT molecular complexity index is 593. The highest BCUT2D eigenvalue weighted by Crippen LogP contribution is 2.11. The predicted octanol–water partition coefficient (Wildman–Crippen LogP) is 1.67. The van der Waals surface area contributed by atoms with Gasteiger partial charge in [-0.15, -0.1) is 0 Å². The molecule has 1 N–H and O–H groups in total. The SMILES string of the molecule is CCc1cccc(NC(=O)CN2CCN(CC(=O)N(CC)CC)CC2)c1. The minimum absolute atomic E-state index is 0.0194. The molecule has 0 unspecified atom stereocenters. The smallest absolute Gasteiger partial charge is 0.238 e. The molecule has 0 spiro atoms. The van der Waals surface area contributed by atoms with E-state index in [1.54, 1.807) is 0 Å². The fourth-order valence-corrected chi connectivity index (χ4v) is 3.25. The minimum atomic E-state index is 0.0194. The van der Waals surface area contributed by atoms with Crippen LogP contribution in [0.1, 0.15) is 26.3 Å². The Kier molecular flexibility index (Phi) is 8.06. The Morgan fingerprint density at radius 3 is 2.19 bits per heavy atom. The molecular weight excluding hydrogens is 328 g/mol. The lowest BCUT2D eigenvalue weighted by Crippen LogP contribution is -2.51. The lowest BCUT2D eigenvalue weighted by molar-refractivity contribution is -0.132. The maximum atomic E-state index is 12.3. The molecule has 2 rings (SSSR count). The van der Waals surface area contributed by atoms with Crippen molar-refractivity contribution in [3.05, 3.63) is 29.8 Å². The summed E-state index contributed by atoms with van der Waals surface area (Å²) in [5.74, 6) is 0.211. The summed E-state index contributed by atoms with van der Waals surface area (Å²) in [5, 5.41) is 2.98. The van der Waals surface area contributed by atoms with Crippen molar-refractivity contribution >= 4 is 17.5 Å². The van der Waals surface area contributed by atoms with Crippen molar-refractivity contribution < 1.29 is 9.59 Å². The number of likely N-dealkylation sites (N-methyl/N-ethyl adjacent to an activating group) is 1. The van der Waals surface area contributed by atoms with Crippen LogP contribution in [0.25, 0.3) is 0 Å². The molecule has 0 aromatic heterocycles. The van der Waals surface area contributed by atoms with Crippen molar-refractivity contribution in [2.45, 2.75) is 27.2 Å². The standard InChI is InChI=1S/C20H32N4O2/c1-4-17-8-7-9-18(14-17)21-19(25)15-22-10-12-23(13-11-22)16-20(26)24(5-2)6-3/h7-9,14H,4-6,10-13,15-16H2,1-3H3,(H,21,25). The topological polar surface area (TPSA) is 55.9 Å². The second kappa shape index (κ2) is 10.3. The Labute approximate surface area is 157 Å². The van der Waals surface area contributed by atoms with Crippen molar-refractivity contribution in [3.63, 3.8) is 0 Å². The fraction of sp³-hybridized carbons (Fsp3) is 0.600. The molecule has 0 bridgehead atoms. The number of hydrogen-bond acceptors (Lipinski definition) is 4. The highest BCUT2D eigenvalue weighted by Gasteiger charge is 2.22. The summed E-state index contributed by atoms with van der Waals surface area (Å²) in [4.78, 5) is 30.7. The molecule has 0 atom stereocenters. The van der Waals surface area contributed by atoms with Crippen LogP contribution in [0.15, 0.2) is 24.3 Å². The van der Waals surface area contributed by atoms with Gasteiger partial charge in [-0.2, -0.15) is 0 Å². The summed E-state index contributed by atoms with van der Waals surface area (Å²) < 4.78 is 0. The second-order valence-corrected chi connectivity index (χ2v) is 6.72. The molecule has 1 heterocycles. The van der Waals surface area contributed by atoms with Crippen LogP contribution in [0.4, 0.5) is 5.69 Å². The lowest BCUT2D eigenvalue weighted by Gasteiger charge is -2.34. The zero-order valence-corrected chi connectivity index (χ0v) is 16.3. The van der Waals surface area contributed by atoms with Crippen LogP contribution in [0, 0.1) is 0 Å². The average Bonchev–Trinajstić information content (AvgIpc) is 2.64. The van der Waals surface area contributed by atoms with E-state index in [1.807, 2.05) is 36.9 Å². The van der Waals surface area contributed by atoms with Gasteiger partial charge in [0.25, 0.3) is 0 Å². The molecule has 1 aromatic rings. The first kappa shape index (κ1) is 20.4. The average molecular weight is 361 g/mol. The van der Waals surface area contributed by atoms with E-state index >= 15 is 0 Å². The van der Waals surface area contributed by atoms with E-state index in [0.29, 0.717) is 13.1 Å². The normalized spacial score (nSPS) is 15.7. The van der Waals surface area contributed by atoms with Gasteiger partial charge in [0.1, 0.15) is 0 Å². The maximum absolute atomic E-state index is 12.3. The van der Waals surface area contributed by atoms with Crippen LogP contribution < -0.4 is 5.32 Å². The van der Waals surface area contributed by atoms with Crippen LogP contribution in [0.3, 0.4) is 0 Å². The molecule has 1 saturated heterocycles. The summed E-state index contributed by atoms with van der Waals surface area (Å²) in [7, 11) is 0. The summed E-state index contributed by atoms with van der Waals surface area (Å²) in [6.45, 7) is 11.8. The van der Waals surface area contributed by atoms with Gasteiger partial charge >= 0.3 is 0 Å². The van der Waals surface area contributed by atoms with Gasteiger partial charge in [0.15, 0.2) is 0 Å². The van der Waals surface area contributed by atoms with Crippen molar-refractivity contribution in [3.8, 4) is 0 Å². The lowest BCUT2D eigenvalue weighted by atomic mass is 10.1. The van der Waals surface area contributed by atoms with E-state index in [-0.39, 0.29) is 11.8 Å². The number of nitrogens with zero attached hydrogens (tertiary/aromatic N) is 3. The number of nitrogens with one attached hydrogen (secondary N) is 1. The number of carbonyl (C=O) groups is 2. The van der Waals surface area contributed by atoms with E-state index in [2.05, 4.69) is 28.1 Å². The van der Waals surface area contributed by atoms with E-state index < -0.39 is 0 Å². The number of piperazine rings is 1.